The van der Waals surface area contributed by atoms with Crippen molar-refractivity contribution in [2.75, 3.05) is 50.4 Å². The Morgan fingerprint density at radius 1 is 0.977 bits per heavy atom. The number of ether oxygens (including phenoxy) is 3. The van der Waals surface area contributed by atoms with Gasteiger partial charge in [0.15, 0.2) is 5.82 Å². The maximum atomic E-state index is 14.7. The molecule has 0 saturated heterocycles. The summed E-state index contributed by atoms with van der Waals surface area (Å²) in [4.78, 5) is 4.48. The number of pyridine rings is 1. The minimum atomic E-state index is -4.50. The molecule has 2 atom stereocenters. The number of para-hydroxylation sites is 1. The number of nitrogens with zero attached hydrogens (tertiary/aromatic N) is 5. The van der Waals surface area contributed by atoms with Crippen molar-refractivity contribution in [2.24, 2.45) is 0 Å². The van der Waals surface area contributed by atoms with Crippen LogP contribution in [0.1, 0.15) is 18.6 Å². The van der Waals surface area contributed by atoms with Crippen LogP contribution in [0.4, 0.5) is 14.7 Å². The monoisotopic (exact) mass is 650 g/mol. The smallest absolute Gasteiger partial charge is 0.246 e. The van der Waals surface area contributed by atoms with Gasteiger partial charge in [0, 0.05) is 17.7 Å². The van der Waals surface area contributed by atoms with Gasteiger partial charge >= 0.3 is 0 Å². The van der Waals surface area contributed by atoms with Crippen molar-refractivity contribution in [1.82, 2.24) is 19.7 Å². The number of aliphatic hydroxyl groups excluding tert-OH is 1. The zero-order valence-corrected chi connectivity index (χ0v) is 26.7. The predicted octanol–water partition coefficient (Wildman–Crippen LogP) is 3.77. The summed E-state index contributed by atoms with van der Waals surface area (Å²) in [6.45, 7) is 1.20. The summed E-state index contributed by atoms with van der Waals surface area (Å²) in [6.07, 6.45) is 2.08. The zero-order valence-electron chi connectivity index (χ0n) is 25.1. The van der Waals surface area contributed by atoms with Crippen LogP contribution in [0.3, 0.4) is 0 Å². The SMILES string of the molecule is COc1cccc(-c2nnc(N(CC[S+](C)C)S(=O)(=O)[C@@H](C)[C@@H](O)c3ccc(F)cc3F)n2-c2c(OC)cccc2OC)n1. The molecule has 2 aromatic carbocycles. The van der Waals surface area contributed by atoms with E-state index < -0.39 is 33.0 Å². The maximum absolute atomic E-state index is 14.7. The molecule has 44 heavy (non-hydrogen) atoms. The number of rotatable bonds is 13. The number of methoxy groups -OCH3 is 3. The van der Waals surface area contributed by atoms with Crippen molar-refractivity contribution in [3.8, 4) is 34.6 Å². The van der Waals surface area contributed by atoms with Crippen molar-refractivity contribution in [3.05, 3.63) is 71.8 Å². The lowest BCUT2D eigenvalue weighted by Crippen LogP contribution is -2.44. The lowest BCUT2D eigenvalue weighted by atomic mass is 10.1. The van der Waals surface area contributed by atoms with Gasteiger partial charge in [0.1, 0.15) is 51.6 Å². The van der Waals surface area contributed by atoms with Crippen LogP contribution in [0.25, 0.3) is 17.2 Å². The second-order valence-electron chi connectivity index (χ2n) is 9.86. The highest BCUT2D eigenvalue weighted by molar-refractivity contribution is 7.95. The first-order valence-corrected chi connectivity index (χ1v) is 17.0. The fourth-order valence-electron chi connectivity index (χ4n) is 4.48. The lowest BCUT2D eigenvalue weighted by molar-refractivity contribution is 0.171. The van der Waals surface area contributed by atoms with E-state index in [0.717, 1.165) is 16.4 Å². The molecule has 15 heteroatoms. The standard InChI is InChI=1S/C29H34F2N5O6S2/c1-18(27(37)20-14-13-19(30)17-21(20)31)44(38,39)35(15-16-43(5)6)29-34-33-28(22-9-7-12-25(32-22)42-4)36(29)26-23(40-2)10-8-11-24(26)41-3/h7-14,17-18,27,37H,15-16H2,1-6H3/q+1/t18-,27+/m0/s1. The second-order valence-corrected chi connectivity index (χ2v) is 14.5. The van der Waals surface area contributed by atoms with Gasteiger partial charge in [-0.15, -0.1) is 10.2 Å². The topological polar surface area (TPSA) is 129 Å². The molecule has 0 saturated carbocycles. The number of aromatic nitrogens is 4. The van der Waals surface area contributed by atoms with Crippen molar-refractivity contribution >= 4 is 26.9 Å². The summed E-state index contributed by atoms with van der Waals surface area (Å²) >= 11 is 0. The highest BCUT2D eigenvalue weighted by Crippen LogP contribution is 2.39. The van der Waals surface area contributed by atoms with Crippen molar-refractivity contribution in [2.45, 2.75) is 18.3 Å². The molecule has 0 unspecified atom stereocenters. The normalized spacial score (nSPS) is 13.0. The molecule has 1 N–H and O–H groups in total. The number of aliphatic hydroxyl groups is 1. The van der Waals surface area contributed by atoms with E-state index in [1.807, 2.05) is 12.5 Å². The van der Waals surface area contributed by atoms with E-state index in [4.69, 9.17) is 14.2 Å². The van der Waals surface area contributed by atoms with Gasteiger partial charge < -0.3 is 19.3 Å². The third-order valence-electron chi connectivity index (χ3n) is 6.86. The first kappa shape index (κ1) is 33.0. The summed E-state index contributed by atoms with van der Waals surface area (Å²) < 4.78 is 76.1. The van der Waals surface area contributed by atoms with Crippen LogP contribution in [0, 0.1) is 11.6 Å². The van der Waals surface area contributed by atoms with Gasteiger partial charge in [-0.25, -0.2) is 26.5 Å². The van der Waals surface area contributed by atoms with Gasteiger partial charge in [-0.05, 0) is 42.1 Å². The molecule has 236 valence electrons. The van der Waals surface area contributed by atoms with Crippen LogP contribution >= 0.6 is 0 Å². The van der Waals surface area contributed by atoms with E-state index in [2.05, 4.69) is 15.2 Å². The van der Waals surface area contributed by atoms with E-state index in [9.17, 15) is 22.3 Å². The minimum absolute atomic E-state index is 0.0530. The molecule has 11 nitrogen and oxygen atoms in total. The largest absolute Gasteiger partial charge is 0.494 e. The molecule has 0 aliphatic heterocycles. The number of anilines is 1. The Kier molecular flexibility index (Phi) is 10.3. The number of benzene rings is 2. The summed E-state index contributed by atoms with van der Waals surface area (Å²) in [5.74, 6) is -0.570. The summed E-state index contributed by atoms with van der Waals surface area (Å²) in [6, 6.07) is 12.6. The van der Waals surface area contributed by atoms with Crippen molar-refractivity contribution in [3.63, 3.8) is 0 Å². The van der Waals surface area contributed by atoms with Gasteiger partial charge in [0.05, 0.1) is 40.4 Å². The zero-order chi connectivity index (χ0) is 32.2. The molecule has 2 heterocycles. The number of hydrogen-bond acceptors (Lipinski definition) is 9. The Bertz CT molecular complexity index is 1700. The van der Waals surface area contributed by atoms with Gasteiger partial charge in [-0.2, -0.15) is 0 Å². The molecule has 4 aromatic rings. The van der Waals surface area contributed by atoms with Gasteiger partial charge in [0.2, 0.25) is 21.9 Å². The molecule has 0 fully saturated rings. The molecule has 0 radical (unpaired) electrons. The maximum Gasteiger partial charge on any atom is 0.246 e. The Balaban J connectivity index is 1.98. The van der Waals surface area contributed by atoms with E-state index in [1.54, 1.807) is 36.4 Å². The van der Waals surface area contributed by atoms with Crippen LogP contribution < -0.4 is 18.5 Å². The molecular weight excluding hydrogens is 616 g/mol. The van der Waals surface area contributed by atoms with E-state index >= 15 is 0 Å². The second kappa shape index (κ2) is 13.8. The molecular formula is C29H34F2N5O6S2+. The molecule has 4 rings (SSSR count). The summed E-state index contributed by atoms with van der Waals surface area (Å²) in [7, 11) is -0.342. The van der Waals surface area contributed by atoms with Crippen LogP contribution in [0.2, 0.25) is 0 Å². The third kappa shape index (κ3) is 6.59. The third-order valence-corrected chi connectivity index (χ3v) is 10.0. The van der Waals surface area contributed by atoms with Crippen molar-refractivity contribution < 1.29 is 36.5 Å². The van der Waals surface area contributed by atoms with Gasteiger partial charge in [0.25, 0.3) is 0 Å². The van der Waals surface area contributed by atoms with E-state index in [1.165, 1.54) is 32.8 Å². The first-order valence-electron chi connectivity index (χ1n) is 13.3. The Morgan fingerprint density at radius 2 is 1.64 bits per heavy atom. The fourth-order valence-corrected chi connectivity index (χ4v) is 6.71. The molecule has 2 aromatic heterocycles. The quantitative estimate of drug-likeness (QED) is 0.215. The average Bonchev–Trinajstić information content (AvgIpc) is 3.43. The van der Waals surface area contributed by atoms with Crippen LogP contribution in [-0.4, -0.2) is 84.7 Å². The highest BCUT2D eigenvalue weighted by atomic mass is 32.2. The first-order chi connectivity index (χ1) is 20.9. The summed E-state index contributed by atoms with van der Waals surface area (Å²) in [5, 5.41) is 18.2. The number of sulfonamides is 1. The molecule has 0 spiro atoms. The molecule has 0 aliphatic rings. The Morgan fingerprint density at radius 3 is 2.23 bits per heavy atom. The summed E-state index contributed by atoms with van der Waals surface area (Å²) in [5.41, 5.74) is 0.241. The van der Waals surface area contributed by atoms with Gasteiger partial charge in [-0.1, -0.05) is 18.2 Å². The van der Waals surface area contributed by atoms with Crippen LogP contribution in [-0.2, 0) is 20.9 Å². The molecule has 0 aliphatic carbocycles. The number of hydrogen-bond donors (Lipinski definition) is 1. The molecule has 0 bridgehead atoms. The minimum Gasteiger partial charge on any atom is -0.494 e. The fraction of sp³-hybridized carbons (Fsp3) is 0.345. The predicted molar refractivity (Wildman–Crippen MR) is 165 cm³/mol. The van der Waals surface area contributed by atoms with Crippen LogP contribution in [0.5, 0.6) is 17.4 Å². The van der Waals surface area contributed by atoms with Crippen molar-refractivity contribution in [1.29, 1.82) is 0 Å². The van der Waals surface area contributed by atoms with E-state index in [-0.39, 0.29) is 40.7 Å². The lowest BCUT2D eigenvalue weighted by Gasteiger charge is -2.29. The molecule has 0 amide bonds. The number of halogens is 2. The Labute approximate surface area is 257 Å². The van der Waals surface area contributed by atoms with E-state index in [0.29, 0.717) is 34.7 Å². The Hall–Kier alpha value is -3.95. The average molecular weight is 651 g/mol. The highest BCUT2D eigenvalue weighted by Gasteiger charge is 2.40. The van der Waals surface area contributed by atoms with Crippen LogP contribution in [0.15, 0.2) is 54.6 Å². The van der Waals surface area contributed by atoms with Gasteiger partial charge in [-0.3, -0.25) is 4.57 Å².